The molecule has 0 aliphatic rings. The van der Waals surface area contributed by atoms with Crippen LogP contribution in [0.25, 0.3) is 5.57 Å². The molecule has 0 fully saturated rings. The van der Waals surface area contributed by atoms with Crippen molar-refractivity contribution in [3.63, 3.8) is 0 Å². The second kappa shape index (κ2) is 4.70. The Morgan fingerprint density at radius 3 is 2.14 bits per heavy atom. The highest BCUT2D eigenvalue weighted by molar-refractivity contribution is 9.28. The molecule has 0 radical (unpaired) electrons. The molecular formula is C9H7Br2NO2. The van der Waals surface area contributed by atoms with Crippen LogP contribution in [0.4, 0.5) is 5.69 Å². The maximum atomic E-state index is 10.4. The van der Waals surface area contributed by atoms with Crippen LogP contribution in [0, 0.1) is 10.1 Å². The zero-order chi connectivity index (χ0) is 10.7. The molecule has 74 valence electrons. The van der Waals surface area contributed by atoms with E-state index in [4.69, 9.17) is 0 Å². The second-order valence-electron chi connectivity index (χ2n) is 2.69. The Kier molecular flexibility index (Phi) is 3.83. The average molecular weight is 321 g/mol. The van der Waals surface area contributed by atoms with Crippen molar-refractivity contribution < 1.29 is 4.92 Å². The number of halogens is 2. The fourth-order valence-electron chi connectivity index (χ4n) is 0.942. The summed E-state index contributed by atoms with van der Waals surface area (Å²) in [5.41, 5.74) is 2.05. The Hall–Kier alpha value is -0.680. The van der Waals surface area contributed by atoms with Crippen molar-refractivity contribution in [1.82, 2.24) is 0 Å². The summed E-state index contributed by atoms with van der Waals surface area (Å²) in [5, 5.41) is 10.4. The summed E-state index contributed by atoms with van der Waals surface area (Å²) in [6.45, 7) is 1.92. The Morgan fingerprint density at radius 2 is 1.79 bits per heavy atom. The molecule has 0 spiro atoms. The first-order valence-corrected chi connectivity index (χ1v) is 5.37. The first-order chi connectivity index (χ1) is 6.52. The van der Waals surface area contributed by atoms with Gasteiger partial charge in [-0.15, -0.1) is 0 Å². The molecule has 1 rings (SSSR count). The molecule has 1 aromatic rings. The van der Waals surface area contributed by atoms with Crippen molar-refractivity contribution >= 4 is 43.1 Å². The van der Waals surface area contributed by atoms with Crippen LogP contribution in [0.2, 0.25) is 0 Å². The number of hydrogen-bond donors (Lipinski definition) is 0. The van der Waals surface area contributed by atoms with Crippen LogP contribution < -0.4 is 0 Å². The minimum atomic E-state index is -0.411. The van der Waals surface area contributed by atoms with Crippen LogP contribution in [0.15, 0.2) is 27.7 Å². The van der Waals surface area contributed by atoms with E-state index < -0.39 is 4.92 Å². The molecule has 0 unspecified atom stereocenters. The van der Waals surface area contributed by atoms with Crippen molar-refractivity contribution in [2.45, 2.75) is 6.92 Å². The van der Waals surface area contributed by atoms with E-state index in [0.717, 1.165) is 14.5 Å². The monoisotopic (exact) mass is 319 g/mol. The Labute approximate surface area is 98.2 Å². The maximum Gasteiger partial charge on any atom is 0.269 e. The van der Waals surface area contributed by atoms with Crippen molar-refractivity contribution in [1.29, 1.82) is 0 Å². The minimum absolute atomic E-state index is 0.104. The highest BCUT2D eigenvalue weighted by Crippen LogP contribution is 2.27. The molecule has 0 saturated carbocycles. The largest absolute Gasteiger partial charge is 0.269 e. The zero-order valence-corrected chi connectivity index (χ0v) is 10.5. The SMILES string of the molecule is CC(=C(Br)Br)c1ccc([N+](=O)[O-])cc1. The zero-order valence-electron chi connectivity index (χ0n) is 7.33. The predicted molar refractivity (Wildman–Crippen MR) is 63.5 cm³/mol. The summed E-state index contributed by atoms with van der Waals surface area (Å²) < 4.78 is 0.846. The average Bonchev–Trinajstić information content (AvgIpc) is 2.16. The summed E-state index contributed by atoms with van der Waals surface area (Å²) in [6, 6.07) is 6.41. The van der Waals surface area contributed by atoms with E-state index in [1.54, 1.807) is 12.1 Å². The van der Waals surface area contributed by atoms with Gasteiger partial charge in [-0.1, -0.05) is 0 Å². The molecule has 0 N–H and O–H groups in total. The minimum Gasteiger partial charge on any atom is -0.258 e. The number of non-ortho nitro benzene ring substituents is 1. The molecule has 0 heterocycles. The first-order valence-electron chi connectivity index (χ1n) is 3.79. The van der Waals surface area contributed by atoms with Gasteiger partial charge in [-0.25, -0.2) is 0 Å². The summed E-state index contributed by atoms with van der Waals surface area (Å²) in [4.78, 5) is 9.98. The van der Waals surface area contributed by atoms with Gasteiger partial charge < -0.3 is 0 Å². The van der Waals surface area contributed by atoms with E-state index >= 15 is 0 Å². The van der Waals surface area contributed by atoms with Crippen LogP contribution in [0.5, 0.6) is 0 Å². The molecule has 0 bridgehead atoms. The number of nitrogens with zero attached hydrogens (tertiary/aromatic N) is 1. The summed E-state index contributed by atoms with van der Waals surface area (Å²) in [6.07, 6.45) is 0. The Balaban J connectivity index is 3.06. The van der Waals surface area contributed by atoms with E-state index in [1.807, 2.05) is 6.92 Å². The number of nitro groups is 1. The van der Waals surface area contributed by atoms with Gasteiger partial charge in [0.1, 0.15) is 0 Å². The van der Waals surface area contributed by atoms with Gasteiger partial charge in [-0.05, 0) is 62.1 Å². The quantitative estimate of drug-likeness (QED) is 0.609. The molecule has 0 aliphatic heterocycles. The van der Waals surface area contributed by atoms with E-state index in [-0.39, 0.29) is 5.69 Å². The van der Waals surface area contributed by atoms with E-state index in [2.05, 4.69) is 31.9 Å². The van der Waals surface area contributed by atoms with Crippen molar-refractivity contribution in [2.75, 3.05) is 0 Å². The molecule has 0 aliphatic carbocycles. The van der Waals surface area contributed by atoms with Gasteiger partial charge in [-0.2, -0.15) is 0 Å². The smallest absolute Gasteiger partial charge is 0.258 e. The van der Waals surface area contributed by atoms with Gasteiger partial charge in [0.05, 0.1) is 8.31 Å². The summed E-state index contributed by atoms with van der Waals surface area (Å²) >= 11 is 6.57. The molecule has 0 saturated heterocycles. The lowest BCUT2D eigenvalue weighted by molar-refractivity contribution is -0.384. The molecule has 5 heteroatoms. The van der Waals surface area contributed by atoms with Crippen LogP contribution in [-0.4, -0.2) is 4.92 Å². The fourth-order valence-corrected chi connectivity index (χ4v) is 1.40. The topological polar surface area (TPSA) is 43.1 Å². The third kappa shape index (κ3) is 2.65. The molecule has 0 aromatic heterocycles. The molecule has 3 nitrogen and oxygen atoms in total. The van der Waals surface area contributed by atoms with Gasteiger partial charge in [0.25, 0.3) is 5.69 Å². The maximum absolute atomic E-state index is 10.4. The lowest BCUT2D eigenvalue weighted by Gasteiger charge is -2.00. The normalized spacial score (nSPS) is 9.64. The Bertz CT molecular complexity index is 380. The number of nitro benzene ring substituents is 1. The van der Waals surface area contributed by atoms with Gasteiger partial charge in [0.15, 0.2) is 0 Å². The van der Waals surface area contributed by atoms with E-state index in [1.165, 1.54) is 12.1 Å². The van der Waals surface area contributed by atoms with E-state index in [0.29, 0.717) is 0 Å². The number of hydrogen-bond acceptors (Lipinski definition) is 2. The highest BCUT2D eigenvalue weighted by atomic mass is 79.9. The van der Waals surface area contributed by atoms with Crippen LogP contribution >= 0.6 is 31.9 Å². The molecule has 1 aromatic carbocycles. The van der Waals surface area contributed by atoms with Gasteiger partial charge >= 0.3 is 0 Å². The standard InChI is InChI=1S/C9H7Br2NO2/c1-6(9(10)11)7-2-4-8(5-3-7)12(13)14/h2-5H,1H3. The van der Waals surface area contributed by atoms with Gasteiger partial charge in [-0.3, -0.25) is 10.1 Å². The lowest BCUT2D eigenvalue weighted by Crippen LogP contribution is -1.87. The third-order valence-corrected chi connectivity index (χ3v) is 2.98. The lowest BCUT2D eigenvalue weighted by atomic mass is 10.1. The summed E-state index contributed by atoms with van der Waals surface area (Å²) in [7, 11) is 0. The van der Waals surface area contributed by atoms with Gasteiger partial charge in [0.2, 0.25) is 0 Å². The predicted octanol–water partition coefficient (Wildman–Crippen LogP) is 4.07. The number of allylic oxidation sites excluding steroid dienone is 1. The first kappa shape index (κ1) is 11.4. The van der Waals surface area contributed by atoms with Crippen LogP contribution in [0.1, 0.15) is 12.5 Å². The fraction of sp³-hybridized carbons (Fsp3) is 0.111. The number of benzene rings is 1. The number of rotatable bonds is 2. The van der Waals surface area contributed by atoms with Gasteiger partial charge in [0, 0.05) is 12.1 Å². The Morgan fingerprint density at radius 1 is 1.29 bits per heavy atom. The molecule has 0 amide bonds. The second-order valence-corrected chi connectivity index (χ2v) is 5.34. The van der Waals surface area contributed by atoms with Crippen molar-refractivity contribution in [3.8, 4) is 0 Å². The van der Waals surface area contributed by atoms with E-state index in [9.17, 15) is 10.1 Å². The van der Waals surface area contributed by atoms with Crippen molar-refractivity contribution in [3.05, 3.63) is 43.3 Å². The van der Waals surface area contributed by atoms with Crippen LogP contribution in [0.3, 0.4) is 0 Å². The van der Waals surface area contributed by atoms with Crippen molar-refractivity contribution in [2.24, 2.45) is 0 Å². The summed E-state index contributed by atoms with van der Waals surface area (Å²) in [5.74, 6) is 0. The molecular weight excluding hydrogens is 314 g/mol. The molecule has 14 heavy (non-hydrogen) atoms. The third-order valence-electron chi connectivity index (χ3n) is 1.79. The molecule has 0 atom stereocenters. The van der Waals surface area contributed by atoms with Crippen LogP contribution in [-0.2, 0) is 0 Å². The highest BCUT2D eigenvalue weighted by Gasteiger charge is 2.05.